The van der Waals surface area contributed by atoms with E-state index in [-0.39, 0.29) is 5.92 Å². The Hall–Kier alpha value is -1.29. The second-order valence-corrected chi connectivity index (χ2v) is 2.95. The smallest absolute Gasteiger partial charge is 0.0712 e. The Bertz CT molecular complexity index is 296. The third-order valence-electron chi connectivity index (χ3n) is 2.13. The Kier molecular flexibility index (Phi) is 2.88. The molecule has 0 aliphatic carbocycles. The Balaban J connectivity index is 3.02. The van der Waals surface area contributed by atoms with E-state index in [9.17, 15) is 0 Å². The van der Waals surface area contributed by atoms with E-state index in [1.54, 1.807) is 0 Å². The fraction of sp³-hybridized carbons (Fsp3) is 0.364. The third kappa shape index (κ3) is 1.65. The lowest BCUT2D eigenvalue weighted by atomic mass is 9.94. The van der Waals surface area contributed by atoms with Crippen LogP contribution in [0.15, 0.2) is 24.3 Å². The van der Waals surface area contributed by atoms with Crippen molar-refractivity contribution in [2.75, 3.05) is 0 Å². The molecular formula is C11H13N. The van der Waals surface area contributed by atoms with Crippen molar-refractivity contribution >= 4 is 0 Å². The van der Waals surface area contributed by atoms with Gasteiger partial charge in [0, 0.05) is 0 Å². The fourth-order valence-corrected chi connectivity index (χ4v) is 1.36. The first-order chi connectivity index (χ1) is 5.79. The number of rotatable bonds is 2. The Labute approximate surface area is 73.6 Å². The van der Waals surface area contributed by atoms with E-state index in [4.69, 9.17) is 5.26 Å². The lowest BCUT2D eigenvalue weighted by molar-refractivity contribution is 0.811. The van der Waals surface area contributed by atoms with E-state index in [1.807, 2.05) is 25.1 Å². The van der Waals surface area contributed by atoms with Crippen LogP contribution >= 0.6 is 0 Å². The minimum absolute atomic E-state index is 0.0613. The van der Waals surface area contributed by atoms with Gasteiger partial charge in [0.1, 0.15) is 0 Å². The molecule has 1 rings (SSSR count). The molecular weight excluding hydrogens is 146 g/mol. The molecule has 1 aromatic rings. The molecule has 0 aromatic heterocycles. The van der Waals surface area contributed by atoms with Gasteiger partial charge in [-0.3, -0.25) is 0 Å². The van der Waals surface area contributed by atoms with E-state index in [0.717, 1.165) is 6.42 Å². The summed E-state index contributed by atoms with van der Waals surface area (Å²) in [5.41, 5.74) is 2.38. The summed E-state index contributed by atoms with van der Waals surface area (Å²) in [5.74, 6) is 0.0613. The highest BCUT2D eigenvalue weighted by atomic mass is 14.3. The van der Waals surface area contributed by atoms with Crippen LogP contribution in [0.5, 0.6) is 0 Å². The van der Waals surface area contributed by atoms with Crippen LogP contribution in [0.2, 0.25) is 0 Å². The normalized spacial score (nSPS) is 12.1. The van der Waals surface area contributed by atoms with E-state index in [2.05, 4.69) is 19.1 Å². The highest BCUT2D eigenvalue weighted by molar-refractivity contribution is 5.32. The summed E-state index contributed by atoms with van der Waals surface area (Å²) in [6, 6.07) is 10.4. The third-order valence-corrected chi connectivity index (χ3v) is 2.13. The molecule has 0 saturated heterocycles. The van der Waals surface area contributed by atoms with Gasteiger partial charge in [-0.05, 0) is 24.5 Å². The number of hydrogen-bond donors (Lipinski definition) is 0. The van der Waals surface area contributed by atoms with Crippen molar-refractivity contribution in [1.29, 1.82) is 5.26 Å². The monoisotopic (exact) mass is 159 g/mol. The molecule has 12 heavy (non-hydrogen) atoms. The molecule has 0 saturated carbocycles. The number of aryl methyl sites for hydroxylation is 1. The number of benzene rings is 1. The van der Waals surface area contributed by atoms with Crippen LogP contribution in [0.3, 0.4) is 0 Å². The molecule has 0 aliphatic heterocycles. The molecule has 0 amide bonds. The lowest BCUT2D eigenvalue weighted by Crippen LogP contribution is -1.95. The predicted molar refractivity (Wildman–Crippen MR) is 49.8 cm³/mol. The van der Waals surface area contributed by atoms with Crippen molar-refractivity contribution in [1.82, 2.24) is 0 Å². The van der Waals surface area contributed by atoms with Gasteiger partial charge in [0.15, 0.2) is 0 Å². The fourth-order valence-electron chi connectivity index (χ4n) is 1.36. The summed E-state index contributed by atoms with van der Waals surface area (Å²) in [7, 11) is 0. The number of hydrogen-bond acceptors (Lipinski definition) is 1. The first-order valence-corrected chi connectivity index (χ1v) is 4.24. The summed E-state index contributed by atoms with van der Waals surface area (Å²) in [6.45, 7) is 4.09. The van der Waals surface area contributed by atoms with Gasteiger partial charge < -0.3 is 0 Å². The minimum Gasteiger partial charge on any atom is -0.198 e. The largest absolute Gasteiger partial charge is 0.198 e. The molecule has 0 heterocycles. The van der Waals surface area contributed by atoms with Crippen molar-refractivity contribution in [3.63, 3.8) is 0 Å². The van der Waals surface area contributed by atoms with Gasteiger partial charge in [-0.15, -0.1) is 0 Å². The minimum atomic E-state index is 0.0613. The van der Waals surface area contributed by atoms with Crippen LogP contribution in [-0.4, -0.2) is 0 Å². The molecule has 1 nitrogen and oxygen atoms in total. The van der Waals surface area contributed by atoms with Gasteiger partial charge in [-0.2, -0.15) is 5.26 Å². The quantitative estimate of drug-likeness (QED) is 0.650. The van der Waals surface area contributed by atoms with Gasteiger partial charge in [-0.25, -0.2) is 0 Å². The first kappa shape index (κ1) is 8.80. The van der Waals surface area contributed by atoms with Gasteiger partial charge in [-0.1, -0.05) is 31.2 Å². The van der Waals surface area contributed by atoms with Gasteiger partial charge in [0.2, 0.25) is 0 Å². The zero-order valence-electron chi connectivity index (χ0n) is 7.54. The summed E-state index contributed by atoms with van der Waals surface area (Å²) in [5, 5.41) is 8.85. The average molecular weight is 159 g/mol. The molecule has 1 heteroatoms. The van der Waals surface area contributed by atoms with Crippen LogP contribution in [0.25, 0.3) is 0 Å². The summed E-state index contributed by atoms with van der Waals surface area (Å²) in [6.07, 6.45) is 0.890. The van der Waals surface area contributed by atoms with E-state index >= 15 is 0 Å². The Morgan fingerprint density at radius 1 is 1.42 bits per heavy atom. The van der Waals surface area contributed by atoms with Crippen LogP contribution in [0.4, 0.5) is 0 Å². The summed E-state index contributed by atoms with van der Waals surface area (Å²) in [4.78, 5) is 0. The lowest BCUT2D eigenvalue weighted by Gasteiger charge is -2.08. The maximum Gasteiger partial charge on any atom is 0.0712 e. The van der Waals surface area contributed by atoms with Gasteiger partial charge in [0.25, 0.3) is 0 Å². The zero-order valence-corrected chi connectivity index (χ0v) is 7.54. The molecule has 0 N–H and O–H groups in total. The Morgan fingerprint density at radius 2 is 2.08 bits per heavy atom. The number of nitrogens with zero attached hydrogens (tertiary/aromatic N) is 1. The molecule has 0 spiro atoms. The van der Waals surface area contributed by atoms with Gasteiger partial charge >= 0.3 is 0 Å². The maximum atomic E-state index is 8.85. The molecule has 0 radical (unpaired) electrons. The van der Waals surface area contributed by atoms with E-state index in [0.29, 0.717) is 0 Å². The maximum absolute atomic E-state index is 8.85. The van der Waals surface area contributed by atoms with Crippen molar-refractivity contribution in [3.05, 3.63) is 35.4 Å². The van der Waals surface area contributed by atoms with E-state index < -0.39 is 0 Å². The molecule has 0 fully saturated rings. The molecule has 1 atom stereocenters. The van der Waals surface area contributed by atoms with Gasteiger partial charge in [0.05, 0.1) is 12.0 Å². The summed E-state index contributed by atoms with van der Waals surface area (Å²) >= 11 is 0. The van der Waals surface area contributed by atoms with Crippen molar-refractivity contribution < 1.29 is 0 Å². The molecule has 1 unspecified atom stereocenters. The SMILES string of the molecule is CCC(C#N)c1ccccc1C. The Morgan fingerprint density at radius 3 is 2.58 bits per heavy atom. The second-order valence-electron chi connectivity index (χ2n) is 2.95. The first-order valence-electron chi connectivity index (χ1n) is 4.24. The molecule has 0 bridgehead atoms. The van der Waals surface area contributed by atoms with Crippen LogP contribution in [0.1, 0.15) is 30.4 Å². The highest BCUT2D eigenvalue weighted by Gasteiger charge is 2.08. The highest BCUT2D eigenvalue weighted by Crippen LogP contribution is 2.21. The molecule has 0 aliphatic rings. The second kappa shape index (κ2) is 3.92. The molecule has 1 aromatic carbocycles. The van der Waals surface area contributed by atoms with Crippen molar-refractivity contribution in [3.8, 4) is 6.07 Å². The topological polar surface area (TPSA) is 23.8 Å². The van der Waals surface area contributed by atoms with Crippen LogP contribution in [0, 0.1) is 18.3 Å². The van der Waals surface area contributed by atoms with Crippen LogP contribution < -0.4 is 0 Å². The number of nitriles is 1. The van der Waals surface area contributed by atoms with Crippen molar-refractivity contribution in [2.24, 2.45) is 0 Å². The zero-order chi connectivity index (χ0) is 8.97. The standard InChI is InChI=1S/C11H13N/c1-3-10(8-12)11-7-5-4-6-9(11)2/h4-7,10H,3H2,1-2H3. The van der Waals surface area contributed by atoms with Crippen molar-refractivity contribution in [2.45, 2.75) is 26.2 Å². The summed E-state index contributed by atoms with van der Waals surface area (Å²) < 4.78 is 0. The van der Waals surface area contributed by atoms with Crippen LogP contribution in [-0.2, 0) is 0 Å². The van der Waals surface area contributed by atoms with E-state index in [1.165, 1.54) is 11.1 Å². The predicted octanol–water partition coefficient (Wildman–Crippen LogP) is 3.01. The average Bonchev–Trinajstić information content (AvgIpc) is 2.10. The molecule has 62 valence electrons.